The minimum absolute atomic E-state index is 0.00702. The molecule has 0 bridgehead atoms. The van der Waals surface area contributed by atoms with E-state index in [2.05, 4.69) is 20.7 Å². The van der Waals surface area contributed by atoms with Gasteiger partial charge in [0.1, 0.15) is 35.1 Å². The molecule has 0 radical (unpaired) electrons. The standard InChI is InChI=1S/C32H36ClN5O8S/c1-17-12-21(39)25(29(41)32(17)30(42)26-22(44-3)14-23(45-4)27(33)28(26)46-32)20(18-6-8-19(47-5)9-7-18)13-24(40)34-10-11-35-31-36-15-37-38(31)16-43-2/h6-9,14-15,17,20,41H,10-13,16H2,1-5H3,(H,34,40)(H,35,36,37). The Morgan fingerprint density at radius 1 is 1.19 bits per heavy atom. The van der Waals surface area contributed by atoms with Gasteiger partial charge in [0.2, 0.25) is 23.2 Å². The Morgan fingerprint density at radius 3 is 2.57 bits per heavy atom. The maximum atomic E-state index is 14.3. The van der Waals surface area contributed by atoms with E-state index >= 15 is 0 Å². The second kappa shape index (κ2) is 14.2. The number of fused-ring (bicyclic) bond motifs is 1. The first kappa shape index (κ1) is 34.1. The molecular formula is C32H36ClN5O8S. The molecule has 2 aromatic carbocycles. The molecule has 15 heteroatoms. The summed E-state index contributed by atoms with van der Waals surface area (Å²) in [6.45, 7) is 2.43. The van der Waals surface area contributed by atoms with Gasteiger partial charge in [-0.15, -0.1) is 11.8 Å². The molecule has 1 spiro atoms. The third-order valence-electron chi connectivity index (χ3n) is 8.36. The van der Waals surface area contributed by atoms with Crippen LogP contribution in [0.15, 0.2) is 52.9 Å². The Hall–Kier alpha value is -4.27. The summed E-state index contributed by atoms with van der Waals surface area (Å²) in [7, 11) is 4.35. The summed E-state index contributed by atoms with van der Waals surface area (Å²) < 4.78 is 23.8. The number of nitrogens with one attached hydrogen (secondary N) is 2. The minimum Gasteiger partial charge on any atom is -0.507 e. The van der Waals surface area contributed by atoms with Gasteiger partial charge in [-0.3, -0.25) is 14.4 Å². The van der Waals surface area contributed by atoms with Crippen molar-refractivity contribution in [2.24, 2.45) is 5.92 Å². The number of ketones is 2. The fraction of sp³-hybridized carbons (Fsp3) is 0.406. The summed E-state index contributed by atoms with van der Waals surface area (Å²) in [5.74, 6) is -2.75. The number of allylic oxidation sites excluding steroid dienone is 1. The van der Waals surface area contributed by atoms with Gasteiger partial charge in [0.05, 0.1) is 14.2 Å². The van der Waals surface area contributed by atoms with Crippen molar-refractivity contribution in [1.29, 1.82) is 0 Å². The van der Waals surface area contributed by atoms with E-state index in [4.69, 9.17) is 30.5 Å². The van der Waals surface area contributed by atoms with E-state index in [-0.39, 0.29) is 65.4 Å². The number of aromatic nitrogens is 3. The molecule has 13 nitrogen and oxygen atoms in total. The highest BCUT2D eigenvalue weighted by Crippen LogP contribution is 2.55. The van der Waals surface area contributed by atoms with Crippen molar-refractivity contribution in [3.63, 3.8) is 0 Å². The second-order valence-corrected chi connectivity index (χ2v) is 12.3. The van der Waals surface area contributed by atoms with Crippen molar-refractivity contribution in [1.82, 2.24) is 20.1 Å². The molecule has 3 N–H and O–H groups in total. The number of methoxy groups -OCH3 is 3. The Kier molecular flexibility index (Phi) is 10.3. The molecule has 0 saturated heterocycles. The zero-order valence-corrected chi connectivity index (χ0v) is 28.2. The van der Waals surface area contributed by atoms with Gasteiger partial charge < -0.3 is 34.7 Å². The number of amides is 1. The predicted molar refractivity (Wildman–Crippen MR) is 175 cm³/mol. The molecule has 5 rings (SSSR count). The average molecular weight is 686 g/mol. The molecule has 3 atom stereocenters. The van der Waals surface area contributed by atoms with E-state index in [0.717, 1.165) is 4.90 Å². The third kappa shape index (κ3) is 6.24. The number of halogens is 1. The number of carbonyl (C=O) groups is 3. The van der Waals surface area contributed by atoms with E-state index in [1.165, 1.54) is 43.1 Å². The largest absolute Gasteiger partial charge is 0.507 e. The van der Waals surface area contributed by atoms with Crippen molar-refractivity contribution < 1.29 is 38.4 Å². The molecule has 1 amide bonds. The maximum absolute atomic E-state index is 14.3. The van der Waals surface area contributed by atoms with Gasteiger partial charge in [-0.05, 0) is 24.0 Å². The molecule has 1 aliphatic carbocycles. The van der Waals surface area contributed by atoms with Gasteiger partial charge >= 0.3 is 0 Å². The van der Waals surface area contributed by atoms with Crippen LogP contribution in [-0.4, -0.2) is 83.6 Å². The van der Waals surface area contributed by atoms with Crippen LogP contribution in [0.3, 0.4) is 0 Å². The highest BCUT2D eigenvalue weighted by Gasteiger charge is 2.61. The van der Waals surface area contributed by atoms with Gasteiger partial charge in [0.15, 0.2) is 17.3 Å². The molecule has 47 heavy (non-hydrogen) atoms. The summed E-state index contributed by atoms with van der Waals surface area (Å²) in [4.78, 5) is 46.6. The quantitative estimate of drug-likeness (QED) is 0.172. The summed E-state index contributed by atoms with van der Waals surface area (Å²) in [6.07, 6.45) is 3.01. The van der Waals surface area contributed by atoms with Crippen molar-refractivity contribution in [2.45, 2.75) is 42.9 Å². The number of Topliss-reactive ketones (excluding diaryl/α,β-unsaturated/α-hetero) is 2. The number of aliphatic hydroxyl groups is 1. The van der Waals surface area contributed by atoms with Crippen molar-refractivity contribution in [2.75, 3.05) is 46.0 Å². The lowest BCUT2D eigenvalue weighted by Crippen LogP contribution is -2.53. The van der Waals surface area contributed by atoms with Gasteiger partial charge in [-0.2, -0.15) is 10.1 Å². The van der Waals surface area contributed by atoms with Crippen LogP contribution in [0.4, 0.5) is 5.95 Å². The normalized spacial score (nSPS) is 19.4. The van der Waals surface area contributed by atoms with Gasteiger partial charge in [-0.25, -0.2) is 4.68 Å². The number of anilines is 1. The predicted octanol–water partition coefficient (Wildman–Crippen LogP) is 4.41. The lowest BCUT2D eigenvalue weighted by Gasteiger charge is -2.38. The number of hydrogen-bond donors (Lipinski definition) is 3. The lowest BCUT2D eigenvalue weighted by atomic mass is 9.69. The maximum Gasteiger partial charge on any atom is 0.231 e. The second-order valence-electron chi connectivity index (χ2n) is 11.1. The van der Waals surface area contributed by atoms with Crippen LogP contribution in [0.5, 0.6) is 17.2 Å². The van der Waals surface area contributed by atoms with E-state index in [0.29, 0.717) is 18.1 Å². The van der Waals surface area contributed by atoms with Crippen LogP contribution in [0, 0.1) is 5.92 Å². The fourth-order valence-electron chi connectivity index (χ4n) is 6.01. The molecule has 1 aromatic heterocycles. The Bertz CT molecular complexity index is 1710. The number of rotatable bonds is 13. The van der Waals surface area contributed by atoms with Crippen molar-refractivity contribution >= 4 is 46.8 Å². The highest BCUT2D eigenvalue weighted by atomic mass is 35.5. The van der Waals surface area contributed by atoms with E-state index in [9.17, 15) is 19.5 Å². The number of nitrogens with zero attached hydrogens (tertiary/aromatic N) is 3. The minimum atomic E-state index is -1.97. The summed E-state index contributed by atoms with van der Waals surface area (Å²) >= 11 is 8.13. The zero-order chi connectivity index (χ0) is 33.9. The average Bonchev–Trinajstić information content (AvgIpc) is 3.64. The molecule has 0 fully saturated rings. The number of ether oxygens (including phenoxy) is 4. The van der Waals surface area contributed by atoms with E-state index in [1.54, 1.807) is 14.0 Å². The molecule has 2 heterocycles. The Balaban J connectivity index is 1.48. The van der Waals surface area contributed by atoms with E-state index in [1.807, 2.05) is 30.5 Å². The number of hydrogen-bond acceptors (Lipinski definition) is 12. The molecular weight excluding hydrogens is 650 g/mol. The topological polar surface area (TPSA) is 163 Å². The first-order chi connectivity index (χ1) is 22.6. The van der Waals surface area contributed by atoms with Crippen LogP contribution in [0.25, 0.3) is 0 Å². The Labute approximate surface area is 280 Å². The SMILES string of the molecule is COCn1ncnc1NCCNC(=O)CC(C1=C(O)C2(Oc3c(Cl)c(OC)cc(OC)c3C2=O)C(C)CC1=O)c1ccc(SC)cc1. The van der Waals surface area contributed by atoms with Crippen LogP contribution < -0.4 is 24.8 Å². The smallest absolute Gasteiger partial charge is 0.231 e. The Morgan fingerprint density at radius 2 is 1.91 bits per heavy atom. The number of carbonyl (C=O) groups excluding carboxylic acids is 3. The van der Waals surface area contributed by atoms with Crippen LogP contribution in [-0.2, 0) is 21.1 Å². The van der Waals surface area contributed by atoms with Crippen LogP contribution >= 0.6 is 23.4 Å². The molecule has 3 unspecified atom stereocenters. The zero-order valence-electron chi connectivity index (χ0n) is 26.6. The van der Waals surface area contributed by atoms with Gasteiger partial charge in [0, 0.05) is 61.4 Å². The van der Waals surface area contributed by atoms with E-state index < -0.39 is 34.8 Å². The molecule has 250 valence electrons. The molecule has 1 aliphatic heterocycles. The van der Waals surface area contributed by atoms with Crippen LogP contribution in [0.2, 0.25) is 5.02 Å². The lowest BCUT2D eigenvalue weighted by molar-refractivity contribution is -0.121. The first-order valence-corrected chi connectivity index (χ1v) is 16.4. The molecule has 2 aliphatic rings. The number of aliphatic hydroxyl groups excluding tert-OH is 1. The summed E-state index contributed by atoms with van der Waals surface area (Å²) in [5.41, 5.74) is -1.38. The third-order valence-corrected chi connectivity index (χ3v) is 9.47. The highest BCUT2D eigenvalue weighted by molar-refractivity contribution is 7.98. The van der Waals surface area contributed by atoms with Crippen LogP contribution in [0.1, 0.15) is 41.6 Å². The molecule has 0 saturated carbocycles. The van der Waals surface area contributed by atoms with Gasteiger partial charge in [-0.1, -0.05) is 30.7 Å². The first-order valence-electron chi connectivity index (χ1n) is 14.8. The van der Waals surface area contributed by atoms with Crippen molar-refractivity contribution in [3.05, 3.63) is 64.1 Å². The monoisotopic (exact) mass is 685 g/mol. The van der Waals surface area contributed by atoms with Gasteiger partial charge in [0.25, 0.3) is 0 Å². The molecule has 3 aromatic rings. The fourth-order valence-corrected chi connectivity index (χ4v) is 6.69. The summed E-state index contributed by atoms with van der Waals surface area (Å²) in [6, 6.07) is 8.83. The number of benzene rings is 2. The van der Waals surface area contributed by atoms with Crippen molar-refractivity contribution in [3.8, 4) is 17.2 Å². The number of thioether (sulfide) groups is 1. The summed E-state index contributed by atoms with van der Waals surface area (Å²) in [5, 5.41) is 22.1.